The first-order valence-electron chi connectivity index (χ1n) is 12.4. The van der Waals surface area contributed by atoms with Crippen LogP contribution in [0.15, 0.2) is 12.1 Å². The van der Waals surface area contributed by atoms with Crippen LogP contribution >= 0.6 is 0 Å². The molecule has 1 aromatic carbocycles. The lowest BCUT2D eigenvalue weighted by molar-refractivity contribution is -0.150. The van der Waals surface area contributed by atoms with Gasteiger partial charge in [-0.2, -0.15) is 0 Å². The maximum absolute atomic E-state index is 14.8. The van der Waals surface area contributed by atoms with Crippen LogP contribution in [0.5, 0.6) is 11.5 Å². The second kappa shape index (κ2) is 11.3. The molecule has 0 radical (unpaired) electrons. The molecule has 3 N–H and O–H groups in total. The Kier molecular flexibility index (Phi) is 8.61. The molecule has 2 aliphatic rings. The topological polar surface area (TPSA) is 114 Å². The number of hydrogen-bond acceptors (Lipinski definition) is 5. The Morgan fingerprint density at radius 3 is 2.43 bits per heavy atom. The molecule has 3 rings (SSSR count). The Bertz CT molecular complexity index is 942. The van der Waals surface area contributed by atoms with Crippen LogP contribution in [-0.4, -0.2) is 48.7 Å². The third-order valence-electron chi connectivity index (χ3n) is 7.20. The lowest BCUT2D eigenvalue weighted by Crippen LogP contribution is -2.44. The van der Waals surface area contributed by atoms with E-state index in [-0.39, 0.29) is 41.0 Å². The van der Waals surface area contributed by atoms with Gasteiger partial charge in [0.05, 0.1) is 30.1 Å². The smallest absolute Gasteiger partial charge is 0.309 e. The molecule has 0 heterocycles. The number of benzene rings is 1. The highest BCUT2D eigenvalue weighted by Crippen LogP contribution is 2.38. The van der Waals surface area contributed by atoms with Crippen molar-refractivity contribution in [2.24, 2.45) is 17.3 Å². The number of carboxylic acid groups (broad SMARTS) is 1. The minimum absolute atomic E-state index is 0.0674. The van der Waals surface area contributed by atoms with Crippen molar-refractivity contribution in [3.05, 3.63) is 23.5 Å². The molecule has 0 unspecified atom stereocenters. The summed E-state index contributed by atoms with van der Waals surface area (Å²) >= 11 is 0. The van der Waals surface area contributed by atoms with Gasteiger partial charge in [0.15, 0.2) is 11.6 Å². The minimum atomic E-state index is -0.839. The number of methoxy groups -OCH3 is 1. The zero-order valence-corrected chi connectivity index (χ0v) is 21.0. The van der Waals surface area contributed by atoms with E-state index in [9.17, 15) is 23.9 Å². The molecule has 0 saturated heterocycles. The van der Waals surface area contributed by atoms with Gasteiger partial charge in [-0.25, -0.2) is 4.39 Å². The Balaban J connectivity index is 1.71. The molecule has 1 aromatic rings. The van der Waals surface area contributed by atoms with Gasteiger partial charge in [0.1, 0.15) is 5.75 Å². The fourth-order valence-electron chi connectivity index (χ4n) is 4.84. The second-order valence-electron chi connectivity index (χ2n) is 10.4. The first-order valence-corrected chi connectivity index (χ1v) is 12.4. The van der Waals surface area contributed by atoms with E-state index in [2.05, 4.69) is 10.6 Å². The van der Waals surface area contributed by atoms with Gasteiger partial charge in [0.2, 0.25) is 5.91 Å². The summed E-state index contributed by atoms with van der Waals surface area (Å²) in [4.78, 5) is 37.3. The van der Waals surface area contributed by atoms with Crippen molar-refractivity contribution in [2.75, 3.05) is 13.7 Å². The molecule has 35 heavy (non-hydrogen) atoms. The molecule has 2 saturated carbocycles. The molecule has 2 amide bonds. The number of halogens is 1. The summed E-state index contributed by atoms with van der Waals surface area (Å²) < 4.78 is 25.9. The van der Waals surface area contributed by atoms with Crippen molar-refractivity contribution in [1.82, 2.24) is 10.6 Å². The van der Waals surface area contributed by atoms with Crippen molar-refractivity contribution in [1.29, 1.82) is 0 Å². The fraction of sp³-hybridized carbons (Fsp3) is 0.654. The lowest BCUT2D eigenvalue weighted by atomic mass is 9.75. The summed E-state index contributed by atoms with van der Waals surface area (Å²) in [6.07, 6.45) is 3.68. The molecule has 2 atom stereocenters. The highest BCUT2D eigenvalue weighted by Gasteiger charge is 2.39. The Labute approximate surface area is 205 Å². The standard InChI is InChI=1S/C26H37FN2O6/c1-15(2)14-28-23(30)17-6-5-7-20(17)29-24(31)18-12-22(19(27)13-21(18)34-4)35-16-8-10-26(3,11-9-16)25(32)33/h12-13,15-17,20H,5-11,14H2,1-4H3,(H,28,30)(H,29,31)(H,32,33)/t16?,17-,20+,26?/m0/s1. The van der Waals surface area contributed by atoms with Crippen LogP contribution in [0.2, 0.25) is 0 Å². The zero-order chi connectivity index (χ0) is 25.8. The monoisotopic (exact) mass is 492 g/mol. The van der Waals surface area contributed by atoms with Crippen molar-refractivity contribution >= 4 is 17.8 Å². The maximum Gasteiger partial charge on any atom is 0.309 e. The minimum Gasteiger partial charge on any atom is -0.496 e. The number of carboxylic acids is 1. The van der Waals surface area contributed by atoms with Gasteiger partial charge in [-0.3, -0.25) is 14.4 Å². The number of ether oxygens (including phenoxy) is 2. The normalized spacial score (nSPS) is 26.3. The van der Waals surface area contributed by atoms with Crippen LogP contribution in [0.1, 0.15) is 76.1 Å². The van der Waals surface area contributed by atoms with Gasteiger partial charge in [-0.15, -0.1) is 0 Å². The summed E-state index contributed by atoms with van der Waals surface area (Å²) in [6.45, 7) is 6.33. The molecule has 0 aliphatic heterocycles. The van der Waals surface area contributed by atoms with Crippen LogP contribution in [0.3, 0.4) is 0 Å². The number of amides is 2. The molecule has 194 valence electrons. The fourth-order valence-corrected chi connectivity index (χ4v) is 4.84. The van der Waals surface area contributed by atoms with Gasteiger partial charge in [-0.1, -0.05) is 20.3 Å². The number of carbonyl (C=O) groups is 3. The summed E-state index contributed by atoms with van der Waals surface area (Å²) in [5.74, 6) is -2.00. The third-order valence-corrected chi connectivity index (χ3v) is 7.20. The van der Waals surface area contributed by atoms with Gasteiger partial charge >= 0.3 is 5.97 Å². The SMILES string of the molecule is COc1cc(F)c(OC2CCC(C)(C(=O)O)CC2)cc1C(=O)N[C@@H]1CCC[C@@H]1C(=O)NCC(C)C. The van der Waals surface area contributed by atoms with E-state index in [1.54, 1.807) is 6.92 Å². The molecule has 8 nitrogen and oxygen atoms in total. The molecule has 2 aliphatic carbocycles. The third kappa shape index (κ3) is 6.44. The van der Waals surface area contributed by atoms with E-state index in [0.717, 1.165) is 12.5 Å². The first-order chi connectivity index (χ1) is 16.5. The number of nitrogens with one attached hydrogen (secondary N) is 2. The van der Waals surface area contributed by atoms with Crippen molar-refractivity contribution < 1.29 is 33.4 Å². The highest BCUT2D eigenvalue weighted by atomic mass is 19.1. The molecular formula is C26H37FN2O6. The molecule has 9 heteroatoms. The molecular weight excluding hydrogens is 455 g/mol. The summed E-state index contributed by atoms with van der Waals surface area (Å²) in [7, 11) is 1.36. The van der Waals surface area contributed by atoms with E-state index < -0.39 is 23.1 Å². The van der Waals surface area contributed by atoms with Crippen LogP contribution in [0.25, 0.3) is 0 Å². The first kappa shape index (κ1) is 26.8. The van der Waals surface area contributed by atoms with E-state index in [1.165, 1.54) is 13.2 Å². The number of carbonyl (C=O) groups excluding carboxylic acids is 2. The number of rotatable bonds is 9. The van der Waals surface area contributed by atoms with Crippen molar-refractivity contribution in [3.63, 3.8) is 0 Å². The summed E-state index contributed by atoms with van der Waals surface area (Å²) in [5.41, 5.74) is -0.675. The van der Waals surface area contributed by atoms with Gasteiger partial charge in [-0.05, 0) is 57.4 Å². The van der Waals surface area contributed by atoms with Crippen LogP contribution in [0, 0.1) is 23.1 Å². The molecule has 0 spiro atoms. The Morgan fingerprint density at radius 2 is 1.83 bits per heavy atom. The number of aliphatic carboxylic acids is 1. The van der Waals surface area contributed by atoms with Crippen LogP contribution in [-0.2, 0) is 9.59 Å². The quantitative estimate of drug-likeness (QED) is 0.482. The predicted molar refractivity (Wildman–Crippen MR) is 128 cm³/mol. The van der Waals surface area contributed by atoms with E-state index in [4.69, 9.17) is 9.47 Å². The molecule has 0 aromatic heterocycles. The predicted octanol–water partition coefficient (Wildman–Crippen LogP) is 3.92. The van der Waals surface area contributed by atoms with E-state index in [1.807, 2.05) is 13.8 Å². The van der Waals surface area contributed by atoms with Crippen LogP contribution in [0.4, 0.5) is 4.39 Å². The molecule has 2 fully saturated rings. The summed E-state index contributed by atoms with van der Waals surface area (Å²) in [5, 5.41) is 15.3. The highest BCUT2D eigenvalue weighted by molar-refractivity contribution is 5.98. The van der Waals surface area contributed by atoms with Gasteiger partial charge < -0.3 is 25.2 Å². The Morgan fingerprint density at radius 1 is 1.14 bits per heavy atom. The van der Waals surface area contributed by atoms with Gasteiger partial charge in [0, 0.05) is 18.7 Å². The largest absolute Gasteiger partial charge is 0.496 e. The second-order valence-corrected chi connectivity index (χ2v) is 10.4. The van der Waals surface area contributed by atoms with Crippen LogP contribution < -0.4 is 20.1 Å². The maximum atomic E-state index is 14.8. The lowest BCUT2D eigenvalue weighted by Gasteiger charge is -2.34. The summed E-state index contributed by atoms with van der Waals surface area (Å²) in [6, 6.07) is 2.13. The van der Waals surface area contributed by atoms with Crippen molar-refractivity contribution in [2.45, 2.75) is 77.9 Å². The molecule has 0 bridgehead atoms. The Hall–Kier alpha value is -2.84. The van der Waals surface area contributed by atoms with E-state index in [0.29, 0.717) is 51.0 Å². The van der Waals surface area contributed by atoms with Crippen molar-refractivity contribution in [3.8, 4) is 11.5 Å². The average molecular weight is 493 g/mol. The average Bonchev–Trinajstić information content (AvgIpc) is 3.27. The van der Waals surface area contributed by atoms with Gasteiger partial charge in [0.25, 0.3) is 5.91 Å². The van der Waals surface area contributed by atoms with E-state index >= 15 is 0 Å². The zero-order valence-electron chi connectivity index (χ0n) is 21.0. The number of hydrogen-bond donors (Lipinski definition) is 3.